The summed E-state index contributed by atoms with van der Waals surface area (Å²) in [5.41, 5.74) is 8.56. The van der Waals surface area contributed by atoms with Gasteiger partial charge in [-0.05, 0) is 78.9 Å². The second-order valence-electron chi connectivity index (χ2n) is 10.2. The molecule has 0 aromatic heterocycles. The lowest BCUT2D eigenvalue weighted by Gasteiger charge is -2.26. The minimum absolute atomic E-state index is 0.137. The molecule has 0 spiro atoms. The summed E-state index contributed by atoms with van der Waals surface area (Å²) < 4.78 is 0. The van der Waals surface area contributed by atoms with Crippen LogP contribution in [0.4, 0.5) is 5.69 Å². The maximum atomic E-state index is 14.9. The van der Waals surface area contributed by atoms with E-state index in [0.717, 1.165) is 39.2 Å². The zero-order valence-corrected chi connectivity index (χ0v) is 27.1. The van der Waals surface area contributed by atoms with Gasteiger partial charge >= 0.3 is 0 Å². The molecular weight excluding hydrogens is 631 g/mol. The Bertz CT molecular complexity index is 2050. The van der Waals surface area contributed by atoms with Crippen LogP contribution < -0.4 is 5.73 Å². The molecule has 1 aliphatic carbocycles. The molecule has 218 valence electrons. The number of ketones is 2. The fraction of sp³-hybridized carbons (Fsp3) is 0. The maximum Gasteiger partial charge on any atom is 0.196 e. The van der Waals surface area contributed by atoms with E-state index in [-0.39, 0.29) is 11.6 Å². The van der Waals surface area contributed by atoms with Crippen molar-refractivity contribution in [1.29, 1.82) is 0 Å². The second kappa shape index (κ2) is 13.1. The zero-order valence-electron chi connectivity index (χ0n) is 23.8. The molecule has 2 N–H and O–H groups in total. The van der Waals surface area contributed by atoms with Crippen LogP contribution in [0.15, 0.2) is 179 Å². The van der Waals surface area contributed by atoms with Crippen molar-refractivity contribution in [1.82, 2.24) is 0 Å². The van der Waals surface area contributed by atoms with Gasteiger partial charge in [0.25, 0.3) is 0 Å². The van der Waals surface area contributed by atoms with Crippen molar-refractivity contribution in [3.63, 3.8) is 0 Å². The fourth-order valence-electron chi connectivity index (χ4n) is 5.17. The lowest BCUT2D eigenvalue weighted by Crippen LogP contribution is -2.24. The summed E-state index contributed by atoms with van der Waals surface area (Å²) in [5.74, 6) is -0.280. The third kappa shape index (κ3) is 6.22. The molecular formula is C38H25NO2S4. The number of carbonyl (C=O) groups excluding carboxylic acids is 2. The summed E-state index contributed by atoms with van der Waals surface area (Å²) >= 11 is 5.97. The van der Waals surface area contributed by atoms with Gasteiger partial charge in [0.2, 0.25) is 0 Å². The van der Waals surface area contributed by atoms with E-state index in [1.54, 1.807) is 0 Å². The molecule has 3 nitrogen and oxygen atoms in total. The van der Waals surface area contributed by atoms with Gasteiger partial charge in [-0.3, -0.25) is 9.59 Å². The molecule has 0 saturated carbocycles. The van der Waals surface area contributed by atoms with Crippen molar-refractivity contribution in [3.05, 3.63) is 162 Å². The van der Waals surface area contributed by atoms with E-state index < -0.39 is 0 Å². The molecule has 0 radical (unpaired) electrons. The minimum atomic E-state index is -0.143. The Kier molecular flexibility index (Phi) is 8.59. The van der Waals surface area contributed by atoms with Crippen LogP contribution in [-0.2, 0) is 0 Å². The van der Waals surface area contributed by atoms with E-state index in [1.807, 2.05) is 140 Å². The number of nitrogens with two attached hydrogens (primary N) is 1. The van der Waals surface area contributed by atoms with Crippen molar-refractivity contribution in [2.75, 3.05) is 5.73 Å². The minimum Gasteiger partial charge on any atom is -0.399 e. The number of fused-ring (bicyclic) bond motifs is 2. The average Bonchev–Trinajstić information content (AvgIpc) is 3.06. The number of benzene rings is 6. The van der Waals surface area contributed by atoms with Crippen molar-refractivity contribution in [3.8, 4) is 0 Å². The van der Waals surface area contributed by atoms with E-state index >= 15 is 0 Å². The van der Waals surface area contributed by atoms with Gasteiger partial charge in [0, 0.05) is 67.1 Å². The molecule has 0 saturated heterocycles. The third-order valence-corrected chi connectivity index (χ3v) is 11.4. The highest BCUT2D eigenvalue weighted by Crippen LogP contribution is 2.48. The Balaban J connectivity index is 1.43. The summed E-state index contributed by atoms with van der Waals surface area (Å²) in [6, 6.07) is 45.3. The summed E-state index contributed by atoms with van der Waals surface area (Å²) in [5, 5.41) is 0. The Morgan fingerprint density at radius 2 is 0.667 bits per heavy atom. The molecule has 0 aliphatic heterocycles. The van der Waals surface area contributed by atoms with Gasteiger partial charge in [-0.2, -0.15) is 0 Å². The molecule has 45 heavy (non-hydrogen) atoms. The average molecular weight is 656 g/mol. The number of nitrogen functional groups attached to an aromatic ring is 1. The Morgan fingerprint density at radius 1 is 0.356 bits per heavy atom. The summed E-state index contributed by atoms with van der Waals surface area (Å²) in [7, 11) is 0. The fourth-order valence-corrected chi connectivity index (χ4v) is 9.14. The molecule has 7 rings (SSSR count). The van der Waals surface area contributed by atoms with Crippen molar-refractivity contribution >= 4 is 64.3 Å². The summed E-state index contributed by atoms with van der Waals surface area (Å²) in [4.78, 5) is 36.8. The molecule has 6 aromatic carbocycles. The number of hydrogen-bond acceptors (Lipinski definition) is 7. The first-order valence-corrected chi connectivity index (χ1v) is 17.5. The van der Waals surface area contributed by atoms with Gasteiger partial charge in [-0.15, -0.1) is 0 Å². The number of carbonyl (C=O) groups is 2. The van der Waals surface area contributed by atoms with Crippen LogP contribution in [0.2, 0.25) is 0 Å². The first-order valence-electron chi connectivity index (χ1n) is 14.2. The topological polar surface area (TPSA) is 60.2 Å². The maximum absolute atomic E-state index is 14.9. The molecule has 0 amide bonds. The van der Waals surface area contributed by atoms with E-state index in [9.17, 15) is 9.59 Å². The molecule has 0 unspecified atom stereocenters. The van der Waals surface area contributed by atoms with Crippen molar-refractivity contribution < 1.29 is 9.59 Å². The Hall–Kier alpha value is -4.14. The van der Waals surface area contributed by atoms with Gasteiger partial charge in [0.1, 0.15) is 0 Å². The lowest BCUT2D eigenvalue weighted by molar-refractivity contribution is 0.0970. The quantitative estimate of drug-likeness (QED) is 0.163. The van der Waals surface area contributed by atoms with Gasteiger partial charge in [0.05, 0.1) is 0 Å². The lowest BCUT2D eigenvalue weighted by atomic mass is 9.84. The van der Waals surface area contributed by atoms with Crippen LogP contribution in [0.3, 0.4) is 0 Å². The molecule has 0 fully saturated rings. The van der Waals surface area contributed by atoms with Gasteiger partial charge in [-0.25, -0.2) is 0 Å². The predicted octanol–water partition coefficient (Wildman–Crippen LogP) is 10.6. The molecule has 0 atom stereocenters. The highest BCUT2D eigenvalue weighted by molar-refractivity contribution is 8.00. The molecule has 1 aliphatic rings. The largest absolute Gasteiger partial charge is 0.399 e. The molecule has 0 bridgehead atoms. The third-order valence-electron chi connectivity index (χ3n) is 7.16. The summed E-state index contributed by atoms with van der Waals surface area (Å²) in [6.07, 6.45) is 0. The normalized spacial score (nSPS) is 12.1. The molecule has 0 heterocycles. The van der Waals surface area contributed by atoms with Crippen LogP contribution >= 0.6 is 47.0 Å². The Morgan fingerprint density at radius 3 is 1.00 bits per heavy atom. The predicted molar refractivity (Wildman–Crippen MR) is 186 cm³/mol. The van der Waals surface area contributed by atoms with Gasteiger partial charge in [-0.1, -0.05) is 108 Å². The van der Waals surface area contributed by atoms with E-state index in [0.29, 0.717) is 27.9 Å². The number of rotatable bonds is 8. The van der Waals surface area contributed by atoms with Crippen LogP contribution in [0.1, 0.15) is 31.8 Å². The monoisotopic (exact) mass is 655 g/mol. The number of anilines is 1. The zero-order chi connectivity index (χ0) is 30.8. The molecule has 7 heteroatoms. The Labute approximate surface area is 279 Å². The van der Waals surface area contributed by atoms with Crippen LogP contribution in [0.25, 0.3) is 0 Å². The van der Waals surface area contributed by atoms with Gasteiger partial charge < -0.3 is 5.73 Å². The summed E-state index contributed by atoms with van der Waals surface area (Å²) in [6.45, 7) is 0. The van der Waals surface area contributed by atoms with Crippen LogP contribution in [-0.4, -0.2) is 11.6 Å². The van der Waals surface area contributed by atoms with Crippen molar-refractivity contribution in [2.45, 2.75) is 39.2 Å². The molecule has 6 aromatic rings. The van der Waals surface area contributed by atoms with Crippen LogP contribution in [0, 0.1) is 0 Å². The van der Waals surface area contributed by atoms with E-state index in [2.05, 4.69) is 0 Å². The highest BCUT2D eigenvalue weighted by Gasteiger charge is 2.38. The SMILES string of the molecule is Nc1cccc(Sc2ccc(Sc3ccccc3)c3c2C(=O)c2c(Sc4ccccc4)ccc(Sc4ccccc4)c2C3=O)c1. The van der Waals surface area contributed by atoms with Crippen molar-refractivity contribution in [2.24, 2.45) is 0 Å². The standard InChI is InChI=1S/C38H25NO2S4/c39-24-11-10-18-28(23-24)45-32-22-21-31(44-27-16-8-3-9-17-27)35-36(32)38(41)34-30(43-26-14-6-2-7-15-26)20-19-29(33(34)37(35)40)42-25-12-4-1-5-13-25/h1-23H,39H2. The second-order valence-corrected chi connectivity index (χ2v) is 14.7. The first-order chi connectivity index (χ1) is 22.0. The smallest absolute Gasteiger partial charge is 0.196 e. The van der Waals surface area contributed by atoms with Crippen LogP contribution in [0.5, 0.6) is 0 Å². The van der Waals surface area contributed by atoms with E-state index in [1.165, 1.54) is 47.0 Å². The van der Waals surface area contributed by atoms with E-state index in [4.69, 9.17) is 5.73 Å². The number of hydrogen-bond donors (Lipinski definition) is 1. The first kappa shape index (κ1) is 29.6. The highest BCUT2D eigenvalue weighted by atomic mass is 32.2. The van der Waals surface area contributed by atoms with Gasteiger partial charge in [0.15, 0.2) is 11.6 Å².